The zero-order valence-corrected chi connectivity index (χ0v) is 23.5. The number of amides is 4. The minimum atomic E-state index is -0.818. The molecule has 4 aliphatic rings. The van der Waals surface area contributed by atoms with Crippen molar-refractivity contribution in [2.45, 2.75) is 37.1 Å². The molecule has 0 aliphatic carbocycles. The Bertz CT molecular complexity index is 1560. The highest BCUT2D eigenvalue weighted by atomic mass is 79.9. The van der Waals surface area contributed by atoms with E-state index < -0.39 is 5.41 Å². The van der Waals surface area contributed by atoms with Gasteiger partial charge in [0.25, 0.3) is 5.91 Å². The molecular weight excluding hydrogens is 576 g/mol. The largest absolute Gasteiger partial charge is 0.339 e. The fourth-order valence-electron chi connectivity index (χ4n) is 7.01. The maximum Gasteiger partial charge on any atom is 0.253 e. The number of likely N-dealkylation sites (tertiary alicyclic amines) is 1. The third-order valence-electron chi connectivity index (χ3n) is 9.11. The lowest BCUT2D eigenvalue weighted by Gasteiger charge is -2.39. The monoisotopic (exact) mass is 604 g/mol. The second-order valence-electron chi connectivity index (χ2n) is 11.2. The van der Waals surface area contributed by atoms with Crippen LogP contribution < -0.4 is 4.90 Å². The van der Waals surface area contributed by atoms with Crippen LogP contribution >= 0.6 is 15.9 Å². The first kappa shape index (κ1) is 25.3. The molecular formula is C29H29BrN6O4. The van der Waals surface area contributed by atoms with Crippen LogP contribution in [0.25, 0.3) is 10.9 Å². The summed E-state index contributed by atoms with van der Waals surface area (Å²) in [6.07, 6.45) is 4.49. The number of rotatable bonds is 3. The summed E-state index contributed by atoms with van der Waals surface area (Å²) in [5, 5.41) is 7.81. The number of anilines is 1. The maximum atomic E-state index is 14.2. The van der Waals surface area contributed by atoms with Crippen molar-refractivity contribution >= 4 is 56.1 Å². The molecule has 206 valence electrons. The predicted octanol–water partition coefficient (Wildman–Crippen LogP) is 2.68. The fourth-order valence-corrected chi connectivity index (χ4v) is 7.74. The molecule has 1 atom stereocenters. The Morgan fingerprint density at radius 2 is 1.90 bits per heavy atom. The molecule has 4 aliphatic heterocycles. The van der Waals surface area contributed by atoms with Crippen molar-refractivity contribution in [3.8, 4) is 0 Å². The van der Waals surface area contributed by atoms with Crippen molar-refractivity contribution in [1.82, 2.24) is 24.9 Å². The number of halogens is 1. The second-order valence-corrected chi connectivity index (χ2v) is 12.1. The Kier molecular flexibility index (Phi) is 5.95. The third-order valence-corrected chi connectivity index (χ3v) is 9.77. The summed E-state index contributed by atoms with van der Waals surface area (Å²) in [6.45, 7) is 2.10. The van der Waals surface area contributed by atoms with E-state index in [1.807, 2.05) is 35.2 Å². The quantitative estimate of drug-likeness (QED) is 0.494. The SMILES string of the molecule is O=C(CN1C(=O)C2(CCN(C(=O)c3ccc4[nH]ncc4c3)CC2)c2c(Br)cccc21)N1CC(=O)N2CCCC2C1. The van der Waals surface area contributed by atoms with Crippen molar-refractivity contribution in [1.29, 1.82) is 0 Å². The summed E-state index contributed by atoms with van der Waals surface area (Å²) < 4.78 is 0.827. The molecule has 0 bridgehead atoms. The van der Waals surface area contributed by atoms with Crippen LogP contribution in [0.4, 0.5) is 5.69 Å². The smallest absolute Gasteiger partial charge is 0.253 e. The van der Waals surface area contributed by atoms with Gasteiger partial charge < -0.3 is 19.6 Å². The van der Waals surface area contributed by atoms with E-state index in [1.165, 1.54) is 0 Å². The topological polar surface area (TPSA) is 110 Å². The molecule has 40 heavy (non-hydrogen) atoms. The van der Waals surface area contributed by atoms with Gasteiger partial charge in [-0.1, -0.05) is 22.0 Å². The van der Waals surface area contributed by atoms with Gasteiger partial charge in [0.1, 0.15) is 6.54 Å². The molecule has 3 aromatic rings. The Hall–Kier alpha value is -3.73. The number of hydrogen-bond donors (Lipinski definition) is 1. The first-order chi connectivity index (χ1) is 19.4. The highest BCUT2D eigenvalue weighted by Crippen LogP contribution is 2.51. The van der Waals surface area contributed by atoms with E-state index in [9.17, 15) is 19.2 Å². The molecule has 3 fully saturated rings. The van der Waals surface area contributed by atoms with Gasteiger partial charge in [-0.05, 0) is 56.0 Å². The third kappa shape index (κ3) is 3.85. The van der Waals surface area contributed by atoms with Gasteiger partial charge in [-0.25, -0.2) is 0 Å². The van der Waals surface area contributed by atoms with Crippen molar-refractivity contribution in [3.63, 3.8) is 0 Å². The second kappa shape index (κ2) is 9.43. The number of H-pyrrole nitrogens is 1. The number of benzene rings is 2. The number of carbonyl (C=O) groups excluding carboxylic acids is 4. The summed E-state index contributed by atoms with van der Waals surface area (Å²) in [4.78, 5) is 60.5. The van der Waals surface area contributed by atoms with Crippen molar-refractivity contribution < 1.29 is 19.2 Å². The molecule has 0 saturated carbocycles. The Balaban J connectivity index is 1.11. The minimum absolute atomic E-state index is 0.0154. The van der Waals surface area contributed by atoms with Crippen LogP contribution in [0.5, 0.6) is 0 Å². The van der Waals surface area contributed by atoms with E-state index in [4.69, 9.17) is 0 Å². The van der Waals surface area contributed by atoms with Crippen LogP contribution in [-0.4, -0.2) is 93.8 Å². The summed E-state index contributed by atoms with van der Waals surface area (Å²) in [6, 6.07) is 11.2. The number of hydrogen-bond acceptors (Lipinski definition) is 5. The van der Waals surface area contributed by atoms with Gasteiger partial charge in [-0.3, -0.25) is 24.3 Å². The standard InChI is InChI=1S/C29H29BrN6O4/c30-21-4-1-5-23-26(21)29(8-11-33(12-9-29)27(39)18-6-7-22-19(13-18)14-31-32-22)28(40)36(23)17-24(37)34-15-20-3-2-10-35(20)25(38)16-34/h1,4-7,13-14,20H,2-3,8-12,15-17H2,(H,31,32). The number of carbonyl (C=O) groups is 4. The molecule has 0 radical (unpaired) electrons. The molecule has 10 nitrogen and oxygen atoms in total. The predicted molar refractivity (Wildman–Crippen MR) is 151 cm³/mol. The van der Waals surface area contributed by atoms with Crippen LogP contribution in [0.3, 0.4) is 0 Å². The van der Waals surface area contributed by atoms with Gasteiger partial charge >= 0.3 is 0 Å². The molecule has 1 N–H and O–H groups in total. The summed E-state index contributed by atoms with van der Waals surface area (Å²) in [7, 11) is 0. The van der Waals surface area contributed by atoms with Crippen molar-refractivity contribution in [2.24, 2.45) is 0 Å². The lowest BCUT2D eigenvalue weighted by molar-refractivity contribution is -0.146. The number of nitrogens with one attached hydrogen (secondary N) is 1. The normalized spacial score (nSPS) is 21.9. The van der Waals surface area contributed by atoms with E-state index in [2.05, 4.69) is 26.1 Å². The zero-order valence-electron chi connectivity index (χ0n) is 21.9. The van der Waals surface area contributed by atoms with E-state index in [-0.39, 0.29) is 42.8 Å². The van der Waals surface area contributed by atoms with Crippen molar-refractivity contribution in [2.75, 3.05) is 44.2 Å². The number of aromatic amines is 1. The molecule has 1 spiro atoms. The fraction of sp³-hybridized carbons (Fsp3) is 0.414. The van der Waals surface area contributed by atoms with Crippen LogP contribution in [0.1, 0.15) is 41.6 Å². The first-order valence-corrected chi connectivity index (χ1v) is 14.6. The lowest BCUT2D eigenvalue weighted by Crippen LogP contribution is -2.57. The van der Waals surface area contributed by atoms with E-state index in [0.717, 1.165) is 46.0 Å². The average molecular weight is 605 g/mol. The average Bonchev–Trinajstić information content (AvgIpc) is 3.68. The highest BCUT2D eigenvalue weighted by Gasteiger charge is 2.54. The maximum absolute atomic E-state index is 14.2. The Morgan fingerprint density at radius 1 is 1.07 bits per heavy atom. The Labute approximate surface area is 239 Å². The molecule has 5 heterocycles. The number of aromatic nitrogens is 2. The van der Waals surface area contributed by atoms with Gasteiger partial charge in [0.05, 0.1) is 23.7 Å². The number of fused-ring (bicyclic) bond motifs is 4. The Morgan fingerprint density at radius 3 is 2.73 bits per heavy atom. The van der Waals surface area contributed by atoms with Crippen molar-refractivity contribution in [3.05, 3.63) is 58.2 Å². The zero-order chi connectivity index (χ0) is 27.6. The summed E-state index contributed by atoms with van der Waals surface area (Å²) in [5.41, 5.74) is 2.26. The highest BCUT2D eigenvalue weighted by molar-refractivity contribution is 9.10. The van der Waals surface area contributed by atoms with Gasteiger partial charge in [0.15, 0.2) is 0 Å². The number of piperazine rings is 1. The van der Waals surface area contributed by atoms with Gasteiger partial charge in [0, 0.05) is 58.9 Å². The summed E-state index contributed by atoms with van der Waals surface area (Å²) >= 11 is 3.68. The van der Waals surface area contributed by atoms with Crippen LogP contribution in [-0.2, 0) is 19.8 Å². The molecule has 1 aromatic heterocycles. The molecule has 3 saturated heterocycles. The van der Waals surface area contributed by atoms with Crippen LogP contribution in [0.15, 0.2) is 47.1 Å². The molecule has 4 amide bonds. The molecule has 2 aromatic carbocycles. The number of nitrogens with zero attached hydrogens (tertiary/aromatic N) is 5. The number of piperidine rings is 1. The molecule has 7 rings (SSSR count). The summed E-state index contributed by atoms with van der Waals surface area (Å²) in [5.74, 6) is -0.407. The van der Waals surface area contributed by atoms with Gasteiger partial charge in [-0.2, -0.15) is 5.10 Å². The van der Waals surface area contributed by atoms with E-state index in [1.54, 1.807) is 27.0 Å². The van der Waals surface area contributed by atoms with E-state index in [0.29, 0.717) is 38.0 Å². The first-order valence-electron chi connectivity index (χ1n) is 13.8. The lowest BCUT2D eigenvalue weighted by atomic mass is 9.73. The molecule has 11 heteroatoms. The van der Waals surface area contributed by atoms with Gasteiger partial charge in [-0.15, -0.1) is 0 Å². The minimum Gasteiger partial charge on any atom is -0.339 e. The van der Waals surface area contributed by atoms with Crippen LogP contribution in [0, 0.1) is 0 Å². The molecule has 1 unspecified atom stereocenters. The van der Waals surface area contributed by atoms with Gasteiger partial charge in [0.2, 0.25) is 17.7 Å². The van der Waals surface area contributed by atoms with E-state index >= 15 is 0 Å². The van der Waals surface area contributed by atoms with Crippen LogP contribution in [0.2, 0.25) is 0 Å².